The minimum atomic E-state index is -4.59. The zero-order valence-corrected chi connectivity index (χ0v) is 14.0. The molecule has 0 N–H and O–H groups in total. The first-order valence-electron chi connectivity index (χ1n) is 7.91. The number of alkyl halides is 3. The molecule has 0 aliphatic rings. The summed E-state index contributed by atoms with van der Waals surface area (Å²) < 4.78 is 50.7. The smallest absolute Gasteiger partial charge is 0.418 e. The molecule has 0 amide bonds. The molecular weight excluding hydrogens is 359 g/mol. The van der Waals surface area contributed by atoms with Gasteiger partial charge < -0.3 is 9.15 Å². The first-order chi connectivity index (χ1) is 13.0. The SMILES string of the molecule is COc1ccc2ccccc2c1-c1nnc(-c2ncccc2C(F)(F)F)o1. The van der Waals surface area contributed by atoms with Gasteiger partial charge in [0.15, 0.2) is 0 Å². The highest BCUT2D eigenvalue weighted by Gasteiger charge is 2.36. The van der Waals surface area contributed by atoms with E-state index < -0.39 is 17.4 Å². The van der Waals surface area contributed by atoms with E-state index in [2.05, 4.69) is 15.2 Å². The van der Waals surface area contributed by atoms with Crippen LogP contribution in [0.5, 0.6) is 5.75 Å². The number of hydrogen-bond donors (Lipinski definition) is 0. The normalized spacial score (nSPS) is 11.7. The van der Waals surface area contributed by atoms with Gasteiger partial charge in [0.25, 0.3) is 11.8 Å². The highest BCUT2D eigenvalue weighted by atomic mass is 19.4. The standard InChI is InChI=1S/C19H12F3N3O2/c1-26-14-9-8-11-5-2-3-6-12(11)15(14)17-24-25-18(27-17)16-13(19(20,21)22)7-4-10-23-16/h2-10H,1H3. The molecule has 0 spiro atoms. The summed E-state index contributed by atoms with van der Waals surface area (Å²) in [5.74, 6) is 0.214. The highest BCUT2D eigenvalue weighted by Crippen LogP contribution is 2.39. The van der Waals surface area contributed by atoms with E-state index in [0.29, 0.717) is 11.3 Å². The number of benzene rings is 2. The van der Waals surface area contributed by atoms with Gasteiger partial charge in [-0.1, -0.05) is 30.3 Å². The van der Waals surface area contributed by atoms with E-state index in [9.17, 15) is 13.2 Å². The number of pyridine rings is 1. The van der Waals surface area contributed by atoms with Crippen molar-refractivity contribution in [3.05, 3.63) is 60.3 Å². The Balaban J connectivity index is 1.90. The van der Waals surface area contributed by atoms with Crippen LogP contribution < -0.4 is 4.74 Å². The number of hydrogen-bond acceptors (Lipinski definition) is 5. The minimum Gasteiger partial charge on any atom is -0.496 e. The number of methoxy groups -OCH3 is 1. The fourth-order valence-electron chi connectivity index (χ4n) is 2.87. The summed E-state index contributed by atoms with van der Waals surface area (Å²) in [5, 5.41) is 9.41. The van der Waals surface area contributed by atoms with Crippen molar-refractivity contribution in [2.45, 2.75) is 6.18 Å². The molecule has 0 aliphatic heterocycles. The second-order valence-corrected chi connectivity index (χ2v) is 5.67. The van der Waals surface area contributed by atoms with Gasteiger partial charge in [0.2, 0.25) is 0 Å². The second kappa shape index (κ2) is 6.39. The van der Waals surface area contributed by atoms with E-state index in [1.54, 1.807) is 6.07 Å². The Labute approximate surface area is 151 Å². The van der Waals surface area contributed by atoms with Crippen molar-refractivity contribution in [3.8, 4) is 28.8 Å². The van der Waals surface area contributed by atoms with Gasteiger partial charge in [0.1, 0.15) is 11.4 Å². The average Bonchev–Trinajstić information content (AvgIpc) is 3.16. The van der Waals surface area contributed by atoms with Crippen LogP contribution in [-0.4, -0.2) is 22.3 Å². The molecular formula is C19H12F3N3O2. The predicted octanol–water partition coefficient (Wildman–Crippen LogP) is 4.98. The maximum absolute atomic E-state index is 13.2. The third kappa shape index (κ3) is 2.99. The molecule has 4 aromatic rings. The van der Waals surface area contributed by atoms with Crippen LogP contribution in [0.1, 0.15) is 5.56 Å². The zero-order valence-electron chi connectivity index (χ0n) is 14.0. The number of halogens is 3. The zero-order chi connectivity index (χ0) is 19.0. The van der Waals surface area contributed by atoms with Crippen molar-refractivity contribution in [1.82, 2.24) is 15.2 Å². The van der Waals surface area contributed by atoms with Crippen LogP contribution in [0.15, 0.2) is 59.1 Å². The Hall–Kier alpha value is -3.42. The molecule has 5 nitrogen and oxygen atoms in total. The molecule has 0 unspecified atom stereocenters. The van der Waals surface area contributed by atoms with Crippen LogP contribution in [0.3, 0.4) is 0 Å². The first kappa shape index (κ1) is 17.0. The van der Waals surface area contributed by atoms with Crippen LogP contribution in [0.4, 0.5) is 13.2 Å². The van der Waals surface area contributed by atoms with Crippen LogP contribution in [-0.2, 0) is 6.18 Å². The van der Waals surface area contributed by atoms with Crippen LogP contribution in [0.2, 0.25) is 0 Å². The van der Waals surface area contributed by atoms with Crippen molar-refractivity contribution in [3.63, 3.8) is 0 Å². The molecule has 0 atom stereocenters. The van der Waals surface area contributed by atoms with Gasteiger partial charge in [-0.05, 0) is 29.0 Å². The summed E-state index contributed by atoms with van der Waals surface area (Å²) in [6.45, 7) is 0. The third-order valence-electron chi connectivity index (χ3n) is 4.07. The fraction of sp³-hybridized carbons (Fsp3) is 0.105. The quantitative estimate of drug-likeness (QED) is 0.508. The van der Waals surface area contributed by atoms with Crippen LogP contribution in [0, 0.1) is 0 Å². The highest BCUT2D eigenvalue weighted by molar-refractivity contribution is 5.97. The van der Waals surface area contributed by atoms with Crippen molar-refractivity contribution in [2.75, 3.05) is 7.11 Å². The Morgan fingerprint density at radius 1 is 0.926 bits per heavy atom. The number of aromatic nitrogens is 3. The average molecular weight is 371 g/mol. The van der Waals surface area contributed by atoms with Gasteiger partial charge in [0.05, 0.1) is 18.2 Å². The maximum atomic E-state index is 13.2. The molecule has 0 saturated carbocycles. The van der Waals surface area contributed by atoms with Gasteiger partial charge in [-0.25, -0.2) is 0 Å². The lowest BCUT2D eigenvalue weighted by Crippen LogP contribution is -2.08. The molecule has 0 saturated heterocycles. The first-order valence-corrected chi connectivity index (χ1v) is 7.91. The van der Waals surface area contributed by atoms with E-state index in [-0.39, 0.29) is 11.8 Å². The van der Waals surface area contributed by atoms with E-state index in [1.807, 2.05) is 30.3 Å². The molecule has 2 aromatic carbocycles. The van der Waals surface area contributed by atoms with Crippen molar-refractivity contribution in [1.29, 1.82) is 0 Å². The van der Waals surface area contributed by atoms with Crippen molar-refractivity contribution < 1.29 is 22.3 Å². The third-order valence-corrected chi connectivity index (χ3v) is 4.07. The molecule has 0 aliphatic carbocycles. The topological polar surface area (TPSA) is 61.0 Å². The molecule has 4 rings (SSSR count). The molecule has 2 heterocycles. The summed E-state index contributed by atoms with van der Waals surface area (Å²) in [6.07, 6.45) is -3.34. The molecule has 136 valence electrons. The maximum Gasteiger partial charge on any atom is 0.418 e. The summed E-state index contributed by atoms with van der Waals surface area (Å²) in [5.41, 5.74) is -0.841. The van der Waals surface area contributed by atoms with Gasteiger partial charge in [0, 0.05) is 6.20 Å². The largest absolute Gasteiger partial charge is 0.496 e. The summed E-state index contributed by atoms with van der Waals surface area (Å²) in [6, 6.07) is 13.2. The fourth-order valence-corrected chi connectivity index (χ4v) is 2.87. The van der Waals surface area contributed by atoms with Crippen LogP contribution in [0.25, 0.3) is 33.8 Å². The summed E-state index contributed by atoms with van der Waals surface area (Å²) in [4.78, 5) is 3.78. The van der Waals surface area contributed by atoms with E-state index in [0.717, 1.165) is 16.8 Å². The van der Waals surface area contributed by atoms with Gasteiger partial charge >= 0.3 is 6.18 Å². The molecule has 0 bridgehead atoms. The Kier molecular flexibility index (Phi) is 4.02. The van der Waals surface area contributed by atoms with Gasteiger partial charge in [-0.2, -0.15) is 13.2 Å². The van der Waals surface area contributed by atoms with Gasteiger partial charge in [-0.3, -0.25) is 4.98 Å². The summed E-state index contributed by atoms with van der Waals surface area (Å²) >= 11 is 0. The lowest BCUT2D eigenvalue weighted by molar-refractivity contribution is -0.137. The molecule has 8 heteroatoms. The molecule has 2 aromatic heterocycles. The second-order valence-electron chi connectivity index (χ2n) is 5.67. The number of nitrogens with zero attached hydrogens (tertiary/aromatic N) is 3. The Bertz CT molecular complexity index is 1120. The van der Waals surface area contributed by atoms with Gasteiger partial charge in [-0.15, -0.1) is 10.2 Å². The number of fused-ring (bicyclic) bond motifs is 1. The van der Waals surface area contributed by atoms with Crippen molar-refractivity contribution >= 4 is 10.8 Å². The van der Waals surface area contributed by atoms with E-state index >= 15 is 0 Å². The van der Waals surface area contributed by atoms with Crippen LogP contribution >= 0.6 is 0 Å². The minimum absolute atomic E-state index is 0.0532. The molecule has 0 radical (unpaired) electrons. The monoisotopic (exact) mass is 371 g/mol. The van der Waals surface area contributed by atoms with E-state index in [1.165, 1.54) is 19.4 Å². The number of rotatable bonds is 3. The number of ether oxygens (including phenoxy) is 1. The lowest BCUT2D eigenvalue weighted by atomic mass is 10.0. The van der Waals surface area contributed by atoms with Crippen molar-refractivity contribution in [2.24, 2.45) is 0 Å². The molecule has 0 fully saturated rings. The predicted molar refractivity (Wildman–Crippen MR) is 92.0 cm³/mol. The summed E-state index contributed by atoms with van der Waals surface area (Å²) in [7, 11) is 1.49. The molecule has 27 heavy (non-hydrogen) atoms. The lowest BCUT2D eigenvalue weighted by Gasteiger charge is -2.09. The Morgan fingerprint density at radius 3 is 2.48 bits per heavy atom. The Morgan fingerprint density at radius 2 is 1.70 bits per heavy atom. The van der Waals surface area contributed by atoms with E-state index in [4.69, 9.17) is 9.15 Å².